The smallest absolute Gasteiger partial charge is 0.123 e. The van der Waals surface area contributed by atoms with Crippen molar-refractivity contribution >= 4 is 0 Å². The van der Waals surface area contributed by atoms with Gasteiger partial charge in [-0.15, -0.1) is 0 Å². The van der Waals surface area contributed by atoms with Crippen molar-refractivity contribution in [3.63, 3.8) is 0 Å². The van der Waals surface area contributed by atoms with Gasteiger partial charge in [-0.05, 0) is 36.3 Å². The molecule has 98 valence electrons. The standard InChI is InChI=1S/C16H23NO/c1-11(2)13-7-14(8-13)17-10-15-9-12-5-3-4-6-16(12)18-15/h3-6,11,13-15,17H,7-10H2,1-2H3. The molecule has 3 rings (SSSR count). The summed E-state index contributed by atoms with van der Waals surface area (Å²) in [5.74, 6) is 2.86. The van der Waals surface area contributed by atoms with Crippen molar-refractivity contribution in [1.29, 1.82) is 0 Å². The van der Waals surface area contributed by atoms with Crippen LogP contribution in [0.3, 0.4) is 0 Å². The van der Waals surface area contributed by atoms with Crippen LogP contribution in [0.25, 0.3) is 0 Å². The van der Waals surface area contributed by atoms with Gasteiger partial charge in [0.1, 0.15) is 11.9 Å². The number of ether oxygens (including phenoxy) is 1. The van der Waals surface area contributed by atoms with E-state index in [4.69, 9.17) is 4.74 Å². The zero-order chi connectivity index (χ0) is 12.5. The summed E-state index contributed by atoms with van der Waals surface area (Å²) < 4.78 is 5.94. The molecule has 2 heteroatoms. The summed E-state index contributed by atoms with van der Waals surface area (Å²) in [5, 5.41) is 3.66. The van der Waals surface area contributed by atoms with Crippen molar-refractivity contribution in [3.05, 3.63) is 29.8 Å². The molecule has 1 aromatic carbocycles. The maximum Gasteiger partial charge on any atom is 0.123 e. The first-order valence-corrected chi connectivity index (χ1v) is 7.20. The van der Waals surface area contributed by atoms with E-state index in [1.165, 1.54) is 18.4 Å². The van der Waals surface area contributed by atoms with Crippen LogP contribution in [0, 0.1) is 11.8 Å². The van der Waals surface area contributed by atoms with Crippen molar-refractivity contribution in [3.8, 4) is 5.75 Å². The topological polar surface area (TPSA) is 21.3 Å². The van der Waals surface area contributed by atoms with Crippen LogP contribution in [0.15, 0.2) is 24.3 Å². The third-order valence-electron chi connectivity index (χ3n) is 4.47. The van der Waals surface area contributed by atoms with E-state index < -0.39 is 0 Å². The van der Waals surface area contributed by atoms with Crippen LogP contribution in [0.2, 0.25) is 0 Å². The second-order valence-electron chi connectivity index (χ2n) is 6.13. The van der Waals surface area contributed by atoms with Crippen LogP contribution in [0.4, 0.5) is 0 Å². The molecule has 0 saturated heterocycles. The Balaban J connectivity index is 1.42. The SMILES string of the molecule is CC(C)C1CC(NCC2Cc3ccccc3O2)C1. The van der Waals surface area contributed by atoms with Crippen molar-refractivity contribution in [2.24, 2.45) is 11.8 Å². The first kappa shape index (κ1) is 12.0. The normalized spacial score (nSPS) is 29.8. The maximum atomic E-state index is 5.94. The fourth-order valence-electron chi connectivity index (χ4n) is 3.04. The van der Waals surface area contributed by atoms with Crippen molar-refractivity contribution in [2.75, 3.05) is 6.54 Å². The molecule has 0 radical (unpaired) electrons. The van der Waals surface area contributed by atoms with Crippen LogP contribution >= 0.6 is 0 Å². The quantitative estimate of drug-likeness (QED) is 0.880. The molecule has 1 aliphatic heterocycles. The van der Waals surface area contributed by atoms with Crippen LogP contribution in [0.5, 0.6) is 5.75 Å². The zero-order valence-electron chi connectivity index (χ0n) is 11.4. The van der Waals surface area contributed by atoms with E-state index in [9.17, 15) is 0 Å². The summed E-state index contributed by atoms with van der Waals surface area (Å²) >= 11 is 0. The molecule has 1 fully saturated rings. The number of benzene rings is 1. The highest BCUT2D eigenvalue weighted by Gasteiger charge is 2.32. The second-order valence-corrected chi connectivity index (χ2v) is 6.13. The van der Waals surface area contributed by atoms with Gasteiger partial charge >= 0.3 is 0 Å². The van der Waals surface area contributed by atoms with Crippen LogP contribution in [-0.2, 0) is 6.42 Å². The summed E-state index contributed by atoms with van der Waals surface area (Å²) in [6, 6.07) is 9.12. The Morgan fingerprint density at radius 3 is 2.78 bits per heavy atom. The molecule has 1 aromatic rings. The number of hydrogen-bond acceptors (Lipinski definition) is 2. The number of para-hydroxylation sites is 1. The van der Waals surface area contributed by atoms with E-state index >= 15 is 0 Å². The molecule has 1 atom stereocenters. The van der Waals surface area contributed by atoms with E-state index in [0.29, 0.717) is 6.10 Å². The van der Waals surface area contributed by atoms with Gasteiger partial charge in [0.25, 0.3) is 0 Å². The monoisotopic (exact) mass is 245 g/mol. The lowest BCUT2D eigenvalue weighted by Gasteiger charge is -2.39. The summed E-state index contributed by atoms with van der Waals surface area (Å²) in [4.78, 5) is 0. The highest BCUT2D eigenvalue weighted by Crippen LogP contribution is 2.34. The minimum Gasteiger partial charge on any atom is -0.488 e. The Morgan fingerprint density at radius 2 is 2.06 bits per heavy atom. The van der Waals surface area contributed by atoms with Gasteiger partial charge in [-0.1, -0.05) is 32.0 Å². The van der Waals surface area contributed by atoms with Crippen LogP contribution < -0.4 is 10.1 Å². The van der Waals surface area contributed by atoms with Crippen molar-refractivity contribution in [1.82, 2.24) is 5.32 Å². The van der Waals surface area contributed by atoms with Crippen molar-refractivity contribution < 1.29 is 4.74 Å². The predicted octanol–water partition coefficient (Wildman–Crippen LogP) is 3.01. The molecule has 1 N–H and O–H groups in total. The highest BCUT2D eigenvalue weighted by molar-refractivity contribution is 5.37. The van der Waals surface area contributed by atoms with Crippen LogP contribution in [0.1, 0.15) is 32.3 Å². The number of rotatable bonds is 4. The van der Waals surface area contributed by atoms with E-state index in [2.05, 4.69) is 37.4 Å². The Hall–Kier alpha value is -1.02. The Kier molecular flexibility index (Phi) is 3.29. The molecule has 0 spiro atoms. The van der Waals surface area contributed by atoms with Gasteiger partial charge in [0.15, 0.2) is 0 Å². The van der Waals surface area contributed by atoms with Gasteiger partial charge < -0.3 is 10.1 Å². The second kappa shape index (κ2) is 4.93. The van der Waals surface area contributed by atoms with Gasteiger partial charge in [0, 0.05) is 19.0 Å². The average Bonchev–Trinajstić information content (AvgIpc) is 2.68. The van der Waals surface area contributed by atoms with Gasteiger partial charge in [0.2, 0.25) is 0 Å². The van der Waals surface area contributed by atoms with Gasteiger partial charge in [-0.3, -0.25) is 0 Å². The van der Waals surface area contributed by atoms with Gasteiger partial charge in [-0.2, -0.15) is 0 Å². The summed E-state index contributed by atoms with van der Waals surface area (Å²) in [5.41, 5.74) is 1.36. The largest absolute Gasteiger partial charge is 0.488 e. The Bertz CT molecular complexity index is 384. The molecular weight excluding hydrogens is 222 g/mol. The average molecular weight is 245 g/mol. The summed E-state index contributed by atoms with van der Waals surface area (Å²) in [6.45, 7) is 5.65. The fourth-order valence-corrected chi connectivity index (χ4v) is 3.04. The lowest BCUT2D eigenvalue weighted by atomic mass is 9.73. The lowest BCUT2D eigenvalue weighted by Crippen LogP contribution is -2.46. The first-order chi connectivity index (χ1) is 8.72. The van der Waals surface area contributed by atoms with Gasteiger partial charge in [-0.25, -0.2) is 0 Å². The fraction of sp³-hybridized carbons (Fsp3) is 0.625. The molecular formula is C16H23NO. The third kappa shape index (κ3) is 2.39. The number of fused-ring (bicyclic) bond motifs is 1. The Morgan fingerprint density at radius 1 is 1.28 bits per heavy atom. The highest BCUT2D eigenvalue weighted by atomic mass is 16.5. The minimum absolute atomic E-state index is 0.334. The molecule has 1 heterocycles. The maximum absolute atomic E-state index is 5.94. The first-order valence-electron chi connectivity index (χ1n) is 7.20. The van der Waals surface area contributed by atoms with Gasteiger partial charge in [0.05, 0.1) is 0 Å². The van der Waals surface area contributed by atoms with E-state index in [-0.39, 0.29) is 0 Å². The number of nitrogens with one attached hydrogen (secondary N) is 1. The number of hydrogen-bond donors (Lipinski definition) is 1. The summed E-state index contributed by atoms with van der Waals surface area (Å²) in [6.07, 6.45) is 4.08. The molecule has 18 heavy (non-hydrogen) atoms. The molecule has 1 saturated carbocycles. The predicted molar refractivity (Wildman–Crippen MR) is 73.9 cm³/mol. The zero-order valence-corrected chi connectivity index (χ0v) is 11.4. The molecule has 0 bridgehead atoms. The third-order valence-corrected chi connectivity index (χ3v) is 4.47. The van der Waals surface area contributed by atoms with E-state index in [0.717, 1.165) is 36.6 Å². The van der Waals surface area contributed by atoms with Crippen LogP contribution in [-0.4, -0.2) is 18.7 Å². The van der Waals surface area contributed by atoms with Crippen molar-refractivity contribution in [2.45, 2.75) is 45.3 Å². The molecule has 2 nitrogen and oxygen atoms in total. The minimum atomic E-state index is 0.334. The lowest BCUT2D eigenvalue weighted by molar-refractivity contribution is 0.147. The van der Waals surface area contributed by atoms with E-state index in [1.54, 1.807) is 0 Å². The molecule has 1 unspecified atom stereocenters. The molecule has 0 amide bonds. The molecule has 1 aliphatic carbocycles. The van der Waals surface area contributed by atoms with E-state index in [1.807, 2.05) is 6.07 Å². The molecule has 2 aliphatic rings. The Labute approximate surface area is 110 Å². The summed E-state index contributed by atoms with van der Waals surface area (Å²) in [7, 11) is 0. The molecule has 0 aromatic heterocycles.